The van der Waals surface area contributed by atoms with Gasteiger partial charge in [0.15, 0.2) is 0 Å². The third-order valence-electron chi connectivity index (χ3n) is 0.701. The topological polar surface area (TPSA) is 104 Å². The quantitative estimate of drug-likeness (QED) is 0.202. The molecule has 10 heavy (non-hydrogen) atoms. The molecule has 0 saturated carbocycles. The van der Waals surface area contributed by atoms with Crippen LogP contribution in [-0.2, 0) is 14.5 Å². The van der Waals surface area contributed by atoms with E-state index in [1.807, 2.05) is 0 Å². The molecule has 3 N–H and O–H groups in total. The van der Waals surface area contributed by atoms with Crippen molar-refractivity contribution >= 4 is 11.8 Å². The van der Waals surface area contributed by atoms with Gasteiger partial charge in [0.1, 0.15) is 6.42 Å². The number of hydrogen-bond donors (Lipinski definition) is 3. The number of aliphatic hydroxyl groups excluding tert-OH is 1. The maximum Gasteiger partial charge on any atom is 0.311 e. The fourth-order valence-corrected chi connectivity index (χ4v) is 0.295. The summed E-state index contributed by atoms with van der Waals surface area (Å²) >= 11 is 0. The lowest BCUT2D eigenvalue weighted by molar-refractivity contribution is -0.320. The number of aliphatic hydroxyl groups is 1. The van der Waals surface area contributed by atoms with E-state index in [4.69, 9.17) is 15.5 Å². The van der Waals surface area contributed by atoms with E-state index in [-0.39, 0.29) is 0 Å². The summed E-state index contributed by atoms with van der Waals surface area (Å²) in [6.07, 6.45) is -2.93. The molecule has 0 radical (unpaired) electrons. The van der Waals surface area contributed by atoms with Crippen molar-refractivity contribution in [1.29, 1.82) is 0 Å². The van der Waals surface area contributed by atoms with E-state index in [1.54, 1.807) is 0 Å². The summed E-state index contributed by atoms with van der Waals surface area (Å²) in [5, 5.41) is 23.9. The molecule has 58 valence electrons. The number of rotatable bonds is 4. The van der Waals surface area contributed by atoms with Crippen molar-refractivity contribution in [2.24, 2.45) is 0 Å². The molecule has 0 aliphatic heterocycles. The third kappa shape index (κ3) is 3.13. The molecular weight excluding hydrogens is 144 g/mol. The van der Waals surface area contributed by atoms with Gasteiger partial charge in [-0.1, -0.05) is 0 Å². The maximum atomic E-state index is 10.3. The number of ketones is 1. The number of carbonyl (C=O) groups is 2. The smallest absolute Gasteiger partial charge is 0.311 e. The van der Waals surface area contributed by atoms with Gasteiger partial charge >= 0.3 is 5.97 Å². The second-order valence-electron chi connectivity index (χ2n) is 1.49. The molecule has 0 aromatic heterocycles. The van der Waals surface area contributed by atoms with Crippen LogP contribution in [0.4, 0.5) is 0 Å². The molecule has 6 heteroatoms. The summed E-state index contributed by atoms with van der Waals surface area (Å²) in [5.41, 5.74) is 0. The number of aliphatic carboxylic acids is 1. The lowest BCUT2D eigenvalue weighted by Gasteiger charge is -2.00. The summed E-state index contributed by atoms with van der Waals surface area (Å²) in [6.45, 7) is 0. The van der Waals surface area contributed by atoms with Gasteiger partial charge in [-0.2, -0.15) is 4.89 Å². The Hall–Kier alpha value is -0.980. The Balaban J connectivity index is 3.73. The zero-order chi connectivity index (χ0) is 8.15. The highest BCUT2D eigenvalue weighted by molar-refractivity contribution is 5.96. The first-order chi connectivity index (χ1) is 4.57. The first-order valence-corrected chi connectivity index (χ1v) is 2.30. The fourth-order valence-electron chi connectivity index (χ4n) is 0.295. The van der Waals surface area contributed by atoms with Gasteiger partial charge in [-0.15, -0.1) is 0 Å². The standard InChI is InChI=1S/C4H6O6/c5-2(1-3(6)7)4(8)10-9/h4,8-9H,1H2,(H,6,7). The van der Waals surface area contributed by atoms with E-state index in [9.17, 15) is 9.59 Å². The molecule has 0 spiro atoms. The van der Waals surface area contributed by atoms with Crippen molar-refractivity contribution in [3.63, 3.8) is 0 Å². The van der Waals surface area contributed by atoms with Crippen LogP contribution in [0.2, 0.25) is 0 Å². The van der Waals surface area contributed by atoms with E-state index < -0.39 is 24.5 Å². The van der Waals surface area contributed by atoms with E-state index in [0.29, 0.717) is 0 Å². The molecule has 0 aromatic rings. The molecule has 0 amide bonds. The largest absolute Gasteiger partial charge is 0.481 e. The van der Waals surface area contributed by atoms with Gasteiger partial charge in [-0.25, -0.2) is 5.26 Å². The highest BCUT2D eigenvalue weighted by atomic mass is 17.1. The van der Waals surface area contributed by atoms with Crippen molar-refractivity contribution < 1.29 is 29.9 Å². The van der Waals surface area contributed by atoms with Crippen LogP contribution in [0.1, 0.15) is 6.42 Å². The molecule has 0 aromatic carbocycles. The summed E-state index contributed by atoms with van der Waals surface area (Å²) < 4.78 is 0. The first-order valence-electron chi connectivity index (χ1n) is 2.30. The van der Waals surface area contributed by atoms with Crippen LogP contribution in [0, 0.1) is 0 Å². The van der Waals surface area contributed by atoms with Crippen LogP contribution in [0.5, 0.6) is 0 Å². The molecule has 1 unspecified atom stereocenters. The van der Waals surface area contributed by atoms with Gasteiger partial charge in [0.25, 0.3) is 0 Å². The second-order valence-corrected chi connectivity index (χ2v) is 1.49. The number of carbonyl (C=O) groups excluding carboxylic acids is 1. The minimum absolute atomic E-state index is 0.873. The number of Topliss-reactive ketones (excluding diaryl/α,β-unsaturated/α-hetero) is 1. The maximum absolute atomic E-state index is 10.3. The molecule has 0 saturated heterocycles. The monoisotopic (exact) mass is 150 g/mol. The predicted molar refractivity (Wildman–Crippen MR) is 27.0 cm³/mol. The zero-order valence-corrected chi connectivity index (χ0v) is 4.85. The summed E-state index contributed by atoms with van der Waals surface area (Å²) in [4.78, 5) is 23.2. The number of carboxylic acid groups (broad SMARTS) is 1. The average molecular weight is 150 g/mol. The normalized spacial score (nSPS) is 12.6. The van der Waals surface area contributed by atoms with Gasteiger partial charge in [-0.05, 0) is 0 Å². The van der Waals surface area contributed by atoms with E-state index in [0.717, 1.165) is 0 Å². The lowest BCUT2D eigenvalue weighted by atomic mass is 10.3. The van der Waals surface area contributed by atoms with Crippen LogP contribution < -0.4 is 0 Å². The van der Waals surface area contributed by atoms with Gasteiger partial charge in [-0.3, -0.25) is 9.59 Å². The van der Waals surface area contributed by atoms with Crippen LogP contribution in [0.25, 0.3) is 0 Å². The van der Waals surface area contributed by atoms with Crippen molar-refractivity contribution in [3.05, 3.63) is 0 Å². The zero-order valence-electron chi connectivity index (χ0n) is 4.85. The average Bonchev–Trinajstić information content (AvgIpc) is 1.85. The summed E-state index contributed by atoms with van der Waals surface area (Å²) in [6, 6.07) is 0. The Labute approximate surface area is 55.6 Å². The third-order valence-corrected chi connectivity index (χ3v) is 0.701. The molecule has 0 aliphatic carbocycles. The van der Waals surface area contributed by atoms with E-state index >= 15 is 0 Å². The van der Waals surface area contributed by atoms with Crippen LogP contribution >= 0.6 is 0 Å². The fraction of sp³-hybridized carbons (Fsp3) is 0.500. The molecule has 6 nitrogen and oxygen atoms in total. The molecule has 0 heterocycles. The van der Waals surface area contributed by atoms with Gasteiger partial charge in [0, 0.05) is 0 Å². The Morgan fingerprint density at radius 2 is 2.00 bits per heavy atom. The van der Waals surface area contributed by atoms with Gasteiger partial charge < -0.3 is 10.2 Å². The van der Waals surface area contributed by atoms with Gasteiger partial charge in [0.05, 0.1) is 0 Å². The molecular formula is C4H6O6. The summed E-state index contributed by atoms with van der Waals surface area (Å²) in [5.74, 6) is -2.49. The molecule has 0 bridgehead atoms. The first kappa shape index (κ1) is 9.02. The van der Waals surface area contributed by atoms with Crippen LogP contribution in [-0.4, -0.2) is 33.5 Å². The Kier molecular flexibility index (Phi) is 3.55. The molecule has 0 rings (SSSR count). The lowest BCUT2D eigenvalue weighted by Crippen LogP contribution is -2.24. The Bertz CT molecular complexity index is 141. The van der Waals surface area contributed by atoms with Crippen molar-refractivity contribution in [2.45, 2.75) is 12.7 Å². The van der Waals surface area contributed by atoms with E-state index in [2.05, 4.69) is 4.89 Å². The van der Waals surface area contributed by atoms with Crippen molar-refractivity contribution in [1.82, 2.24) is 0 Å². The molecule has 1 atom stereocenters. The highest BCUT2D eigenvalue weighted by Crippen LogP contribution is 1.91. The van der Waals surface area contributed by atoms with E-state index in [1.165, 1.54) is 0 Å². The van der Waals surface area contributed by atoms with Crippen LogP contribution in [0.3, 0.4) is 0 Å². The molecule has 0 aliphatic rings. The van der Waals surface area contributed by atoms with Crippen molar-refractivity contribution in [3.8, 4) is 0 Å². The minimum Gasteiger partial charge on any atom is -0.481 e. The summed E-state index contributed by atoms with van der Waals surface area (Å²) in [7, 11) is 0. The Morgan fingerprint density at radius 3 is 2.30 bits per heavy atom. The van der Waals surface area contributed by atoms with Gasteiger partial charge in [0.2, 0.25) is 12.1 Å². The SMILES string of the molecule is O=C(O)CC(=O)C(O)OO. The highest BCUT2D eigenvalue weighted by Gasteiger charge is 2.18. The number of carboxylic acids is 1. The van der Waals surface area contributed by atoms with Crippen LogP contribution in [0.15, 0.2) is 0 Å². The molecule has 0 fully saturated rings. The minimum atomic E-state index is -2.06. The Morgan fingerprint density at radius 1 is 1.50 bits per heavy atom. The predicted octanol–water partition coefficient (Wildman–Crippen LogP) is -1.16. The van der Waals surface area contributed by atoms with Crippen molar-refractivity contribution in [2.75, 3.05) is 0 Å². The second kappa shape index (κ2) is 3.94. The number of hydrogen-bond acceptors (Lipinski definition) is 5.